The second-order valence-electron chi connectivity index (χ2n) is 3.37. The zero-order valence-corrected chi connectivity index (χ0v) is 8.63. The second-order valence-corrected chi connectivity index (χ2v) is 3.37. The van der Waals surface area contributed by atoms with Crippen molar-refractivity contribution in [2.24, 2.45) is 11.5 Å². The number of aromatic nitrogens is 2. The van der Waals surface area contributed by atoms with Gasteiger partial charge in [-0.15, -0.1) is 5.10 Å². The Morgan fingerprint density at radius 3 is 3.00 bits per heavy atom. The molecule has 2 rings (SSSR count). The van der Waals surface area contributed by atoms with Crippen molar-refractivity contribution < 1.29 is 13.9 Å². The van der Waals surface area contributed by atoms with Crippen LogP contribution in [0.15, 0.2) is 4.42 Å². The molecule has 0 aliphatic carbocycles. The Bertz CT molecular complexity index is 380. The molecule has 0 aromatic carbocycles. The number of morpholine rings is 1. The summed E-state index contributed by atoms with van der Waals surface area (Å²) >= 11 is 0. The van der Waals surface area contributed by atoms with E-state index in [1.54, 1.807) is 4.90 Å². The third-order valence-corrected chi connectivity index (χ3v) is 2.33. The molecule has 1 unspecified atom stereocenters. The van der Waals surface area contributed by atoms with E-state index < -0.39 is 11.9 Å². The van der Waals surface area contributed by atoms with Crippen molar-refractivity contribution in [1.29, 1.82) is 0 Å². The summed E-state index contributed by atoms with van der Waals surface area (Å²) in [5, 5.41) is 7.54. The van der Waals surface area contributed by atoms with Gasteiger partial charge in [0, 0.05) is 6.54 Å². The van der Waals surface area contributed by atoms with Crippen LogP contribution in [-0.4, -0.2) is 41.9 Å². The molecule has 1 fully saturated rings. The number of nitrogens with zero attached hydrogens (tertiary/aromatic N) is 3. The van der Waals surface area contributed by atoms with Crippen LogP contribution in [0.4, 0.5) is 6.01 Å². The van der Waals surface area contributed by atoms with Crippen molar-refractivity contribution in [3.8, 4) is 0 Å². The monoisotopic (exact) mass is 227 g/mol. The minimum absolute atomic E-state index is 0.165. The van der Waals surface area contributed by atoms with Crippen molar-refractivity contribution in [2.45, 2.75) is 12.6 Å². The van der Waals surface area contributed by atoms with Crippen LogP contribution in [0.25, 0.3) is 0 Å². The molecule has 1 aromatic heterocycles. The number of hydrogen-bond acceptors (Lipinski definition) is 7. The van der Waals surface area contributed by atoms with Crippen LogP contribution < -0.4 is 16.4 Å². The summed E-state index contributed by atoms with van der Waals surface area (Å²) in [6, 6.07) is -0.313. The molecule has 1 aliphatic rings. The van der Waals surface area contributed by atoms with Crippen LogP contribution in [0.2, 0.25) is 0 Å². The fourth-order valence-corrected chi connectivity index (χ4v) is 1.51. The third kappa shape index (κ3) is 1.97. The molecule has 0 bridgehead atoms. The summed E-state index contributed by atoms with van der Waals surface area (Å²) in [6.45, 7) is 1.37. The number of ether oxygens (including phenoxy) is 1. The standard InChI is InChI=1S/C8H13N5O3/c9-3-6-11-12-8(16-6)13-1-2-15-4-5(13)7(10)14/h5H,1-4,9H2,(H2,10,14). The summed E-state index contributed by atoms with van der Waals surface area (Å²) in [5.74, 6) is -0.156. The van der Waals surface area contributed by atoms with E-state index in [9.17, 15) is 4.79 Å². The zero-order valence-electron chi connectivity index (χ0n) is 8.63. The first kappa shape index (κ1) is 10.8. The van der Waals surface area contributed by atoms with Crippen LogP contribution in [0, 0.1) is 0 Å². The van der Waals surface area contributed by atoms with Gasteiger partial charge in [-0.2, -0.15) is 0 Å². The van der Waals surface area contributed by atoms with Crippen molar-refractivity contribution in [2.75, 3.05) is 24.7 Å². The first-order valence-corrected chi connectivity index (χ1v) is 4.88. The van der Waals surface area contributed by atoms with Gasteiger partial charge in [-0.25, -0.2) is 0 Å². The van der Waals surface area contributed by atoms with Crippen molar-refractivity contribution in [3.05, 3.63) is 5.89 Å². The molecule has 2 heterocycles. The van der Waals surface area contributed by atoms with Crippen molar-refractivity contribution >= 4 is 11.9 Å². The lowest BCUT2D eigenvalue weighted by Gasteiger charge is -2.31. The Balaban J connectivity index is 2.19. The largest absolute Gasteiger partial charge is 0.407 e. The van der Waals surface area contributed by atoms with E-state index in [-0.39, 0.29) is 19.2 Å². The van der Waals surface area contributed by atoms with Gasteiger partial charge in [-0.3, -0.25) is 4.79 Å². The molecule has 1 aliphatic heterocycles. The molecule has 1 amide bonds. The highest BCUT2D eigenvalue weighted by Gasteiger charge is 2.31. The van der Waals surface area contributed by atoms with E-state index in [1.165, 1.54) is 0 Å². The maximum atomic E-state index is 11.2. The van der Waals surface area contributed by atoms with E-state index >= 15 is 0 Å². The lowest BCUT2D eigenvalue weighted by atomic mass is 10.2. The number of carbonyl (C=O) groups excluding carboxylic acids is 1. The van der Waals surface area contributed by atoms with E-state index in [0.717, 1.165) is 0 Å². The number of amides is 1. The molecule has 8 heteroatoms. The SMILES string of the molecule is NCc1nnc(N2CCOCC2C(N)=O)o1. The van der Waals surface area contributed by atoms with Crippen LogP contribution >= 0.6 is 0 Å². The topological polar surface area (TPSA) is 120 Å². The molecule has 0 radical (unpaired) electrons. The summed E-state index contributed by atoms with van der Waals surface area (Å²) < 4.78 is 10.4. The predicted molar refractivity (Wildman–Crippen MR) is 53.3 cm³/mol. The Kier molecular flexibility index (Phi) is 3.02. The first-order chi connectivity index (χ1) is 7.72. The number of hydrogen-bond donors (Lipinski definition) is 2. The summed E-state index contributed by atoms with van der Waals surface area (Å²) in [5.41, 5.74) is 10.6. The maximum Gasteiger partial charge on any atom is 0.319 e. The van der Waals surface area contributed by atoms with Gasteiger partial charge >= 0.3 is 6.01 Å². The Hall–Kier alpha value is -1.67. The van der Waals surface area contributed by atoms with Gasteiger partial charge in [-0.1, -0.05) is 5.10 Å². The smallest absolute Gasteiger partial charge is 0.319 e. The highest BCUT2D eigenvalue weighted by atomic mass is 16.5. The Morgan fingerprint density at radius 2 is 2.38 bits per heavy atom. The quantitative estimate of drug-likeness (QED) is 0.626. The highest BCUT2D eigenvalue weighted by Crippen LogP contribution is 2.17. The fourth-order valence-electron chi connectivity index (χ4n) is 1.51. The van der Waals surface area contributed by atoms with Gasteiger partial charge in [0.2, 0.25) is 11.8 Å². The molecular formula is C8H13N5O3. The first-order valence-electron chi connectivity index (χ1n) is 4.88. The molecule has 1 aromatic rings. The molecule has 4 N–H and O–H groups in total. The lowest BCUT2D eigenvalue weighted by molar-refractivity contribution is -0.121. The number of rotatable bonds is 3. The van der Waals surface area contributed by atoms with Crippen LogP contribution in [0.5, 0.6) is 0 Å². The molecule has 1 saturated heterocycles. The van der Waals surface area contributed by atoms with Gasteiger partial charge < -0.3 is 25.5 Å². The third-order valence-electron chi connectivity index (χ3n) is 2.33. The van der Waals surface area contributed by atoms with Crippen LogP contribution in [0.1, 0.15) is 5.89 Å². The average molecular weight is 227 g/mol. The highest BCUT2D eigenvalue weighted by molar-refractivity contribution is 5.83. The fraction of sp³-hybridized carbons (Fsp3) is 0.625. The normalized spacial score (nSPS) is 21.1. The molecule has 8 nitrogen and oxygen atoms in total. The number of nitrogens with two attached hydrogens (primary N) is 2. The van der Waals surface area contributed by atoms with Gasteiger partial charge in [0.05, 0.1) is 19.8 Å². The van der Waals surface area contributed by atoms with Gasteiger partial charge in [-0.05, 0) is 0 Å². The summed E-state index contributed by atoms with van der Waals surface area (Å²) in [7, 11) is 0. The lowest BCUT2D eigenvalue weighted by Crippen LogP contribution is -2.52. The van der Waals surface area contributed by atoms with E-state index in [0.29, 0.717) is 19.0 Å². The van der Waals surface area contributed by atoms with Crippen molar-refractivity contribution in [1.82, 2.24) is 10.2 Å². The molecule has 88 valence electrons. The van der Waals surface area contributed by atoms with E-state index in [2.05, 4.69) is 10.2 Å². The maximum absolute atomic E-state index is 11.2. The van der Waals surface area contributed by atoms with Crippen LogP contribution in [-0.2, 0) is 16.1 Å². The minimum atomic E-state index is -0.570. The summed E-state index contributed by atoms with van der Waals surface area (Å²) in [4.78, 5) is 12.8. The number of carbonyl (C=O) groups is 1. The average Bonchev–Trinajstić information content (AvgIpc) is 2.77. The minimum Gasteiger partial charge on any atom is -0.407 e. The van der Waals surface area contributed by atoms with E-state index in [1.807, 2.05) is 0 Å². The Labute approximate surface area is 91.5 Å². The molecule has 0 saturated carbocycles. The molecule has 16 heavy (non-hydrogen) atoms. The van der Waals surface area contributed by atoms with Gasteiger partial charge in [0.1, 0.15) is 6.04 Å². The van der Waals surface area contributed by atoms with Crippen LogP contribution in [0.3, 0.4) is 0 Å². The van der Waals surface area contributed by atoms with Gasteiger partial charge in [0.25, 0.3) is 0 Å². The van der Waals surface area contributed by atoms with Gasteiger partial charge in [0.15, 0.2) is 0 Å². The molecule has 1 atom stereocenters. The summed E-state index contributed by atoms with van der Waals surface area (Å²) in [6.07, 6.45) is 0. The predicted octanol–water partition coefficient (Wildman–Crippen LogP) is -1.78. The zero-order chi connectivity index (χ0) is 11.5. The van der Waals surface area contributed by atoms with Crippen molar-refractivity contribution in [3.63, 3.8) is 0 Å². The molecule has 0 spiro atoms. The molecular weight excluding hydrogens is 214 g/mol. The second kappa shape index (κ2) is 4.45. The number of primary amides is 1. The Morgan fingerprint density at radius 1 is 1.56 bits per heavy atom. The van der Waals surface area contributed by atoms with E-state index in [4.69, 9.17) is 20.6 Å². The number of anilines is 1.